The summed E-state index contributed by atoms with van der Waals surface area (Å²) in [5.74, 6) is -0.137. The van der Waals surface area contributed by atoms with Crippen LogP contribution in [0.1, 0.15) is 46.5 Å². The van der Waals surface area contributed by atoms with Crippen LogP contribution in [0.15, 0.2) is 0 Å². The summed E-state index contributed by atoms with van der Waals surface area (Å²) in [6.45, 7) is 6.06. The second-order valence-corrected chi connectivity index (χ2v) is 7.14. The number of fused-ring (bicyclic) bond motifs is 2. The van der Waals surface area contributed by atoms with Crippen LogP contribution in [-0.4, -0.2) is 23.6 Å². The summed E-state index contributed by atoms with van der Waals surface area (Å²) in [7, 11) is 0. The van der Waals surface area contributed by atoms with Gasteiger partial charge in [-0.05, 0) is 32.1 Å². The van der Waals surface area contributed by atoms with Crippen LogP contribution < -0.4 is 0 Å². The molecule has 4 heterocycles. The molecule has 7 atom stereocenters. The van der Waals surface area contributed by atoms with Crippen molar-refractivity contribution in [3.05, 3.63) is 0 Å². The Morgan fingerprint density at radius 3 is 2.70 bits per heavy atom. The van der Waals surface area contributed by atoms with Crippen molar-refractivity contribution in [3.8, 4) is 0 Å². The van der Waals surface area contributed by atoms with Crippen molar-refractivity contribution in [2.45, 2.75) is 64.1 Å². The molecule has 5 fully saturated rings. The highest BCUT2D eigenvalue weighted by Crippen LogP contribution is 2.59. The Morgan fingerprint density at radius 1 is 1.10 bits per heavy atom. The second kappa shape index (κ2) is 3.96. The van der Waals surface area contributed by atoms with Gasteiger partial charge in [0.05, 0.1) is 5.92 Å². The summed E-state index contributed by atoms with van der Waals surface area (Å²) in [4.78, 5) is 23.7. The van der Waals surface area contributed by atoms with Crippen LogP contribution in [0.5, 0.6) is 0 Å². The highest BCUT2D eigenvalue weighted by atomic mass is 17.3. The van der Waals surface area contributed by atoms with Gasteiger partial charge in [-0.3, -0.25) is 4.79 Å². The number of rotatable bonds is 0. The molecule has 0 amide bonds. The zero-order valence-corrected chi connectivity index (χ0v) is 12.3. The summed E-state index contributed by atoms with van der Waals surface area (Å²) in [6, 6.07) is 0. The quantitative estimate of drug-likeness (QED) is 0.504. The Balaban J connectivity index is 1.84. The number of hydrogen-bond donors (Lipinski definition) is 0. The standard InChI is InChI=1S/C15H22O5/c1-8-4-5-11-9(2)12(16)17-13-15(11)10(8)6-7-14(3,18-13)19-20-15/h8-11,13H,4-7H2,1-3H3/t8-,9-,10+,11?,13-,14+,15?/m1/s1. The van der Waals surface area contributed by atoms with Crippen molar-refractivity contribution in [2.24, 2.45) is 23.7 Å². The number of hydrogen-bond acceptors (Lipinski definition) is 5. The summed E-state index contributed by atoms with van der Waals surface area (Å²) >= 11 is 0. The van der Waals surface area contributed by atoms with Crippen LogP contribution in [0.2, 0.25) is 0 Å². The van der Waals surface area contributed by atoms with Gasteiger partial charge in [-0.1, -0.05) is 13.8 Å². The number of carbonyl (C=O) groups is 1. The molecular weight excluding hydrogens is 260 g/mol. The first-order valence-electron chi connectivity index (χ1n) is 7.71. The first-order valence-corrected chi connectivity index (χ1v) is 7.71. The van der Waals surface area contributed by atoms with Crippen LogP contribution in [0.3, 0.4) is 0 Å². The van der Waals surface area contributed by atoms with Crippen molar-refractivity contribution in [2.75, 3.05) is 0 Å². The lowest BCUT2D eigenvalue weighted by Gasteiger charge is -2.57. The molecule has 5 rings (SSSR count). The fraction of sp³-hybridized carbons (Fsp3) is 0.933. The van der Waals surface area contributed by atoms with E-state index in [4.69, 9.17) is 19.2 Å². The van der Waals surface area contributed by atoms with Gasteiger partial charge in [0.25, 0.3) is 0 Å². The Kier molecular flexibility index (Phi) is 2.58. The molecule has 2 unspecified atom stereocenters. The Hall–Kier alpha value is -0.650. The average Bonchev–Trinajstić information content (AvgIpc) is 2.63. The number of ether oxygens (including phenoxy) is 2. The maximum Gasteiger partial charge on any atom is 0.311 e. The Morgan fingerprint density at radius 2 is 1.90 bits per heavy atom. The fourth-order valence-electron chi connectivity index (χ4n) is 4.76. The molecule has 0 aromatic carbocycles. The lowest BCUT2D eigenvalue weighted by Crippen LogP contribution is -2.69. The van der Waals surface area contributed by atoms with Crippen molar-refractivity contribution in [1.82, 2.24) is 0 Å². The van der Waals surface area contributed by atoms with Gasteiger partial charge >= 0.3 is 5.97 Å². The molecule has 4 saturated heterocycles. The van der Waals surface area contributed by atoms with E-state index in [0.717, 1.165) is 25.7 Å². The number of carbonyl (C=O) groups excluding carboxylic acids is 1. The van der Waals surface area contributed by atoms with Crippen molar-refractivity contribution >= 4 is 5.97 Å². The van der Waals surface area contributed by atoms with E-state index >= 15 is 0 Å². The van der Waals surface area contributed by atoms with Gasteiger partial charge in [0.15, 0.2) is 5.60 Å². The summed E-state index contributed by atoms with van der Waals surface area (Å²) in [5.41, 5.74) is -0.610. The third-order valence-electron chi connectivity index (χ3n) is 5.97. The van der Waals surface area contributed by atoms with Crippen LogP contribution >= 0.6 is 0 Å². The van der Waals surface area contributed by atoms with Crippen LogP contribution in [0.4, 0.5) is 0 Å². The van der Waals surface area contributed by atoms with E-state index in [1.807, 2.05) is 13.8 Å². The molecule has 0 radical (unpaired) electrons. The molecule has 0 aromatic heterocycles. The largest absolute Gasteiger partial charge is 0.432 e. The monoisotopic (exact) mass is 282 g/mol. The SMILES string of the molecule is C[C@@H]1CCC2[C@@H](C)C(=O)O[C@@H]3O[C@]4(C)CC[C@@H]1C23OO4. The predicted molar refractivity (Wildman–Crippen MR) is 68.0 cm³/mol. The van der Waals surface area contributed by atoms with Gasteiger partial charge in [0.2, 0.25) is 12.1 Å². The van der Waals surface area contributed by atoms with E-state index in [0.29, 0.717) is 11.8 Å². The normalized spacial score (nSPS) is 57.8. The molecule has 5 nitrogen and oxygen atoms in total. The average molecular weight is 282 g/mol. The van der Waals surface area contributed by atoms with E-state index in [9.17, 15) is 4.79 Å². The lowest BCUT2D eigenvalue weighted by molar-refractivity contribution is -0.559. The van der Waals surface area contributed by atoms with E-state index in [-0.39, 0.29) is 17.8 Å². The maximum atomic E-state index is 12.1. The second-order valence-electron chi connectivity index (χ2n) is 7.14. The van der Waals surface area contributed by atoms with Crippen LogP contribution in [0.25, 0.3) is 0 Å². The lowest BCUT2D eigenvalue weighted by atomic mass is 9.58. The molecule has 1 spiro atoms. The molecule has 1 aliphatic carbocycles. The van der Waals surface area contributed by atoms with E-state index < -0.39 is 17.7 Å². The smallest absolute Gasteiger partial charge is 0.311 e. The molecule has 112 valence electrons. The van der Waals surface area contributed by atoms with Gasteiger partial charge in [-0.25, -0.2) is 9.78 Å². The first-order chi connectivity index (χ1) is 9.46. The summed E-state index contributed by atoms with van der Waals surface area (Å²) < 4.78 is 11.6. The van der Waals surface area contributed by atoms with Crippen LogP contribution in [0, 0.1) is 23.7 Å². The topological polar surface area (TPSA) is 54.0 Å². The predicted octanol–water partition coefficient (Wildman–Crippen LogP) is 2.39. The highest BCUT2D eigenvalue weighted by Gasteiger charge is 2.69. The van der Waals surface area contributed by atoms with Gasteiger partial charge in [-0.15, -0.1) is 0 Å². The molecule has 5 heteroatoms. The van der Waals surface area contributed by atoms with Gasteiger partial charge < -0.3 is 9.47 Å². The Labute approximate surface area is 118 Å². The van der Waals surface area contributed by atoms with Crippen molar-refractivity contribution < 1.29 is 24.0 Å². The van der Waals surface area contributed by atoms with E-state index in [2.05, 4.69) is 6.92 Å². The Bertz CT molecular complexity index is 452. The van der Waals surface area contributed by atoms with Crippen molar-refractivity contribution in [3.63, 3.8) is 0 Å². The first kappa shape index (κ1) is 13.0. The van der Waals surface area contributed by atoms with Gasteiger partial charge in [-0.2, -0.15) is 0 Å². The molecule has 20 heavy (non-hydrogen) atoms. The third kappa shape index (κ3) is 1.46. The molecular formula is C15H22O5. The van der Waals surface area contributed by atoms with Crippen LogP contribution in [-0.2, 0) is 24.0 Å². The fourth-order valence-corrected chi connectivity index (χ4v) is 4.76. The van der Waals surface area contributed by atoms with Gasteiger partial charge in [0.1, 0.15) is 0 Å². The molecule has 4 aliphatic heterocycles. The molecule has 1 saturated carbocycles. The molecule has 2 bridgehead atoms. The number of esters is 1. The minimum Gasteiger partial charge on any atom is -0.432 e. The summed E-state index contributed by atoms with van der Waals surface area (Å²) in [6.07, 6.45) is 3.24. The molecule has 0 aromatic rings. The van der Waals surface area contributed by atoms with E-state index in [1.54, 1.807) is 0 Å². The highest BCUT2D eigenvalue weighted by molar-refractivity contribution is 5.74. The van der Waals surface area contributed by atoms with Crippen molar-refractivity contribution in [1.29, 1.82) is 0 Å². The summed E-state index contributed by atoms with van der Waals surface area (Å²) in [5, 5.41) is 0. The van der Waals surface area contributed by atoms with E-state index in [1.165, 1.54) is 0 Å². The zero-order valence-electron chi connectivity index (χ0n) is 12.3. The zero-order chi connectivity index (χ0) is 14.1. The third-order valence-corrected chi connectivity index (χ3v) is 5.97. The molecule has 5 aliphatic rings. The molecule has 0 N–H and O–H groups in total. The van der Waals surface area contributed by atoms with Gasteiger partial charge in [0, 0.05) is 18.3 Å². The maximum absolute atomic E-state index is 12.1. The minimum absolute atomic E-state index is 0.123. The minimum atomic E-state index is -0.793.